The van der Waals surface area contributed by atoms with Crippen LogP contribution in [0, 0.1) is 0 Å². The fourth-order valence-electron chi connectivity index (χ4n) is 2.52. The van der Waals surface area contributed by atoms with Gasteiger partial charge < -0.3 is 10.6 Å². The Labute approximate surface area is 113 Å². The van der Waals surface area contributed by atoms with Crippen molar-refractivity contribution < 1.29 is 4.79 Å². The molecule has 2 amide bonds. The standard InChI is InChI=1S/C14H19ClN2O/c1-10-6-7-13(17-14(18)16-9-8-15)12-5-3-2-4-11(10)12/h2-5,10,13H,6-9H2,1H3,(H2,16,17,18)/t10-,13-/m0/s1. The summed E-state index contributed by atoms with van der Waals surface area (Å²) < 4.78 is 0. The van der Waals surface area contributed by atoms with Gasteiger partial charge in [0.2, 0.25) is 0 Å². The second-order valence-electron chi connectivity index (χ2n) is 4.75. The Hall–Kier alpha value is -1.22. The molecule has 0 spiro atoms. The molecule has 1 aliphatic carbocycles. The number of hydrogen-bond donors (Lipinski definition) is 2. The number of nitrogens with one attached hydrogen (secondary N) is 2. The third-order valence-electron chi connectivity index (χ3n) is 3.48. The first-order valence-electron chi connectivity index (χ1n) is 6.41. The van der Waals surface area contributed by atoms with Gasteiger partial charge in [-0.3, -0.25) is 0 Å². The molecule has 0 aromatic heterocycles. The average molecular weight is 267 g/mol. The van der Waals surface area contributed by atoms with Gasteiger partial charge in [-0.05, 0) is 29.9 Å². The number of amides is 2. The maximum Gasteiger partial charge on any atom is 0.315 e. The first kappa shape index (κ1) is 13.2. The summed E-state index contributed by atoms with van der Waals surface area (Å²) in [6.07, 6.45) is 2.10. The van der Waals surface area contributed by atoms with Gasteiger partial charge in [0.15, 0.2) is 0 Å². The number of fused-ring (bicyclic) bond motifs is 1. The van der Waals surface area contributed by atoms with E-state index in [1.54, 1.807) is 0 Å². The fourth-order valence-corrected chi connectivity index (χ4v) is 2.62. The first-order chi connectivity index (χ1) is 8.72. The summed E-state index contributed by atoms with van der Waals surface area (Å²) >= 11 is 5.55. The van der Waals surface area contributed by atoms with E-state index in [-0.39, 0.29) is 12.1 Å². The number of urea groups is 1. The predicted molar refractivity (Wildman–Crippen MR) is 74.1 cm³/mol. The molecular formula is C14H19ClN2O. The average Bonchev–Trinajstić information content (AvgIpc) is 2.40. The quantitative estimate of drug-likeness (QED) is 0.811. The molecule has 0 saturated carbocycles. The highest BCUT2D eigenvalue weighted by atomic mass is 35.5. The topological polar surface area (TPSA) is 41.1 Å². The van der Waals surface area contributed by atoms with E-state index in [2.05, 4.69) is 35.8 Å². The van der Waals surface area contributed by atoms with E-state index in [0.29, 0.717) is 18.3 Å². The summed E-state index contributed by atoms with van der Waals surface area (Å²) in [4.78, 5) is 11.7. The van der Waals surface area contributed by atoms with Gasteiger partial charge in [-0.15, -0.1) is 11.6 Å². The van der Waals surface area contributed by atoms with Gasteiger partial charge >= 0.3 is 6.03 Å². The number of alkyl halides is 1. The molecule has 2 atom stereocenters. The van der Waals surface area contributed by atoms with Crippen molar-refractivity contribution >= 4 is 17.6 Å². The Morgan fingerprint density at radius 1 is 1.33 bits per heavy atom. The molecule has 1 aromatic rings. The largest absolute Gasteiger partial charge is 0.337 e. The number of hydrogen-bond acceptors (Lipinski definition) is 1. The van der Waals surface area contributed by atoms with E-state index >= 15 is 0 Å². The molecule has 2 rings (SSSR count). The summed E-state index contributed by atoms with van der Waals surface area (Å²) in [5.41, 5.74) is 2.60. The lowest BCUT2D eigenvalue weighted by Crippen LogP contribution is -2.40. The molecule has 4 heteroatoms. The maximum atomic E-state index is 11.7. The van der Waals surface area contributed by atoms with Gasteiger partial charge in [-0.25, -0.2) is 4.79 Å². The van der Waals surface area contributed by atoms with Crippen LogP contribution in [0.2, 0.25) is 0 Å². The van der Waals surface area contributed by atoms with Gasteiger partial charge in [0, 0.05) is 12.4 Å². The Kier molecular flexibility index (Phi) is 4.48. The molecule has 0 bridgehead atoms. The van der Waals surface area contributed by atoms with Gasteiger partial charge in [-0.1, -0.05) is 31.2 Å². The van der Waals surface area contributed by atoms with Crippen LogP contribution in [-0.2, 0) is 0 Å². The summed E-state index contributed by atoms with van der Waals surface area (Å²) in [6.45, 7) is 2.74. The van der Waals surface area contributed by atoms with Crippen molar-refractivity contribution in [2.75, 3.05) is 12.4 Å². The second kappa shape index (κ2) is 6.10. The molecule has 0 saturated heterocycles. The third-order valence-corrected chi connectivity index (χ3v) is 3.67. The molecule has 98 valence electrons. The van der Waals surface area contributed by atoms with Crippen molar-refractivity contribution in [1.82, 2.24) is 10.6 Å². The van der Waals surface area contributed by atoms with E-state index < -0.39 is 0 Å². The Balaban J connectivity index is 2.07. The number of rotatable bonds is 3. The minimum absolute atomic E-state index is 0.118. The van der Waals surface area contributed by atoms with Gasteiger partial charge in [0.1, 0.15) is 0 Å². The number of benzene rings is 1. The van der Waals surface area contributed by atoms with Crippen LogP contribution in [0.15, 0.2) is 24.3 Å². The molecule has 3 nitrogen and oxygen atoms in total. The van der Waals surface area contributed by atoms with E-state index in [1.165, 1.54) is 11.1 Å². The number of carbonyl (C=O) groups is 1. The van der Waals surface area contributed by atoms with E-state index in [9.17, 15) is 4.79 Å². The second-order valence-corrected chi connectivity index (χ2v) is 5.13. The van der Waals surface area contributed by atoms with Crippen LogP contribution in [0.3, 0.4) is 0 Å². The minimum atomic E-state index is -0.134. The van der Waals surface area contributed by atoms with E-state index in [4.69, 9.17) is 11.6 Å². The monoisotopic (exact) mass is 266 g/mol. The SMILES string of the molecule is C[C@H]1CC[C@H](NC(=O)NCCCl)c2ccccc21. The molecule has 2 N–H and O–H groups in total. The van der Waals surface area contributed by atoms with Crippen molar-refractivity contribution in [3.05, 3.63) is 35.4 Å². The predicted octanol–water partition coefficient (Wildman–Crippen LogP) is 3.16. The van der Waals surface area contributed by atoms with Crippen LogP contribution < -0.4 is 10.6 Å². The van der Waals surface area contributed by atoms with E-state index in [0.717, 1.165) is 12.8 Å². The van der Waals surface area contributed by atoms with Crippen LogP contribution in [0.25, 0.3) is 0 Å². The first-order valence-corrected chi connectivity index (χ1v) is 6.95. The zero-order chi connectivity index (χ0) is 13.0. The van der Waals surface area contributed by atoms with Crippen LogP contribution >= 0.6 is 11.6 Å². The fraction of sp³-hybridized carbons (Fsp3) is 0.500. The Bertz CT molecular complexity index is 422. The highest BCUT2D eigenvalue weighted by Crippen LogP contribution is 2.36. The lowest BCUT2D eigenvalue weighted by molar-refractivity contribution is 0.235. The summed E-state index contributed by atoms with van der Waals surface area (Å²) in [5, 5.41) is 5.76. The normalized spacial score (nSPS) is 22.1. The van der Waals surface area contributed by atoms with Crippen molar-refractivity contribution in [2.24, 2.45) is 0 Å². The smallest absolute Gasteiger partial charge is 0.315 e. The summed E-state index contributed by atoms with van der Waals surface area (Å²) in [7, 11) is 0. The van der Waals surface area contributed by atoms with Crippen LogP contribution in [0.4, 0.5) is 4.79 Å². The van der Waals surface area contributed by atoms with Crippen molar-refractivity contribution in [3.8, 4) is 0 Å². The molecule has 1 aromatic carbocycles. The van der Waals surface area contributed by atoms with Crippen LogP contribution in [-0.4, -0.2) is 18.5 Å². The lowest BCUT2D eigenvalue weighted by Gasteiger charge is -2.30. The Morgan fingerprint density at radius 2 is 2.06 bits per heavy atom. The van der Waals surface area contributed by atoms with Crippen molar-refractivity contribution in [2.45, 2.75) is 31.7 Å². The zero-order valence-corrected chi connectivity index (χ0v) is 11.3. The molecule has 18 heavy (non-hydrogen) atoms. The van der Waals surface area contributed by atoms with Gasteiger partial charge in [0.05, 0.1) is 6.04 Å². The molecular weight excluding hydrogens is 248 g/mol. The maximum absolute atomic E-state index is 11.7. The lowest BCUT2D eigenvalue weighted by atomic mass is 9.81. The van der Waals surface area contributed by atoms with Crippen LogP contribution in [0.1, 0.15) is 42.9 Å². The van der Waals surface area contributed by atoms with Crippen molar-refractivity contribution in [1.29, 1.82) is 0 Å². The number of halogens is 1. The minimum Gasteiger partial charge on any atom is -0.337 e. The molecule has 0 radical (unpaired) electrons. The molecule has 0 fully saturated rings. The summed E-state index contributed by atoms with van der Waals surface area (Å²) in [6, 6.07) is 8.34. The van der Waals surface area contributed by atoms with Crippen molar-refractivity contribution in [3.63, 3.8) is 0 Å². The zero-order valence-electron chi connectivity index (χ0n) is 10.6. The highest BCUT2D eigenvalue weighted by molar-refractivity contribution is 6.18. The number of carbonyl (C=O) groups excluding carboxylic acids is 1. The highest BCUT2D eigenvalue weighted by Gasteiger charge is 2.25. The van der Waals surface area contributed by atoms with Crippen LogP contribution in [0.5, 0.6) is 0 Å². The molecule has 0 heterocycles. The van der Waals surface area contributed by atoms with E-state index in [1.807, 2.05) is 6.07 Å². The Morgan fingerprint density at radius 3 is 2.78 bits per heavy atom. The summed E-state index contributed by atoms with van der Waals surface area (Å²) in [5.74, 6) is 1.01. The molecule has 1 aliphatic rings. The van der Waals surface area contributed by atoms with Gasteiger partial charge in [-0.2, -0.15) is 0 Å². The molecule has 0 aliphatic heterocycles. The third kappa shape index (κ3) is 2.96. The van der Waals surface area contributed by atoms with Gasteiger partial charge in [0.25, 0.3) is 0 Å². The molecule has 0 unspecified atom stereocenters.